The number of hydrogen-bond donors (Lipinski definition) is 1. The summed E-state index contributed by atoms with van der Waals surface area (Å²) in [7, 11) is 0. The van der Waals surface area contributed by atoms with Crippen LogP contribution in [-0.4, -0.2) is 6.54 Å². The van der Waals surface area contributed by atoms with E-state index in [2.05, 4.69) is 26.8 Å². The summed E-state index contributed by atoms with van der Waals surface area (Å²) in [5, 5.41) is 0. The molecule has 1 heteroatoms. The van der Waals surface area contributed by atoms with Gasteiger partial charge in [0.15, 0.2) is 0 Å². The Balaban J connectivity index is 3.36. The second-order valence-corrected chi connectivity index (χ2v) is 3.91. The molecule has 0 saturated heterocycles. The summed E-state index contributed by atoms with van der Waals surface area (Å²) >= 11 is 0. The van der Waals surface area contributed by atoms with Crippen LogP contribution in [0.25, 0.3) is 0 Å². The van der Waals surface area contributed by atoms with Crippen LogP contribution in [0.5, 0.6) is 0 Å². The van der Waals surface area contributed by atoms with Gasteiger partial charge in [0.25, 0.3) is 0 Å². The van der Waals surface area contributed by atoms with Crippen LogP contribution in [0.1, 0.15) is 46.5 Å². The number of rotatable bonds is 6. The van der Waals surface area contributed by atoms with Crippen molar-refractivity contribution in [1.82, 2.24) is 0 Å². The van der Waals surface area contributed by atoms with Crippen LogP contribution in [0.3, 0.4) is 0 Å². The van der Waals surface area contributed by atoms with Crippen molar-refractivity contribution in [1.29, 1.82) is 0 Å². The molecule has 0 aromatic rings. The average molecular weight is 169 g/mol. The molecule has 0 radical (unpaired) electrons. The van der Waals surface area contributed by atoms with Crippen LogP contribution in [0.2, 0.25) is 0 Å². The maximum atomic E-state index is 5.41. The highest BCUT2D eigenvalue weighted by atomic mass is 14.5. The zero-order chi connectivity index (χ0) is 9.40. The predicted molar refractivity (Wildman–Crippen MR) is 56.1 cm³/mol. The minimum absolute atomic E-state index is 0.779. The molecular formula is C11H23N. The van der Waals surface area contributed by atoms with Crippen LogP contribution < -0.4 is 5.73 Å². The van der Waals surface area contributed by atoms with Gasteiger partial charge in [-0.05, 0) is 38.6 Å². The summed E-state index contributed by atoms with van der Waals surface area (Å²) in [6.45, 7) is 7.54. The highest BCUT2D eigenvalue weighted by Gasteiger charge is 1.94. The molecule has 0 fully saturated rings. The van der Waals surface area contributed by atoms with Crippen LogP contribution >= 0.6 is 0 Å². The predicted octanol–water partition coefficient (Wildman–Crippen LogP) is 3.11. The normalized spacial score (nSPS) is 12.6. The Morgan fingerprint density at radius 1 is 1.42 bits per heavy atom. The lowest BCUT2D eigenvalue weighted by Crippen LogP contribution is -1.96. The third-order valence-corrected chi connectivity index (χ3v) is 2.01. The van der Waals surface area contributed by atoms with E-state index in [4.69, 9.17) is 5.73 Å². The van der Waals surface area contributed by atoms with Gasteiger partial charge in [-0.2, -0.15) is 0 Å². The Kier molecular flexibility index (Phi) is 7.17. The lowest BCUT2D eigenvalue weighted by Gasteiger charge is -2.04. The molecule has 0 aliphatic rings. The maximum absolute atomic E-state index is 5.41. The molecular weight excluding hydrogens is 146 g/mol. The third-order valence-electron chi connectivity index (χ3n) is 2.01. The Hall–Kier alpha value is -0.300. The molecule has 72 valence electrons. The Morgan fingerprint density at radius 2 is 2.08 bits per heavy atom. The van der Waals surface area contributed by atoms with E-state index >= 15 is 0 Å². The molecule has 2 N–H and O–H groups in total. The Morgan fingerprint density at radius 3 is 2.58 bits per heavy atom. The second-order valence-electron chi connectivity index (χ2n) is 3.91. The molecule has 12 heavy (non-hydrogen) atoms. The lowest BCUT2D eigenvalue weighted by atomic mass is 10.0. The monoisotopic (exact) mass is 169 g/mol. The molecule has 0 aromatic heterocycles. The summed E-state index contributed by atoms with van der Waals surface area (Å²) in [6, 6.07) is 0. The minimum Gasteiger partial charge on any atom is -0.330 e. The molecule has 0 heterocycles. The van der Waals surface area contributed by atoms with E-state index in [-0.39, 0.29) is 0 Å². The van der Waals surface area contributed by atoms with Gasteiger partial charge >= 0.3 is 0 Å². The van der Waals surface area contributed by atoms with E-state index in [0.29, 0.717) is 0 Å². The number of hydrogen-bond acceptors (Lipinski definition) is 1. The first-order valence-corrected chi connectivity index (χ1v) is 5.02. The van der Waals surface area contributed by atoms with Crippen LogP contribution in [0.15, 0.2) is 11.6 Å². The van der Waals surface area contributed by atoms with Crippen molar-refractivity contribution in [2.75, 3.05) is 6.54 Å². The van der Waals surface area contributed by atoms with Crippen molar-refractivity contribution in [3.8, 4) is 0 Å². The highest BCUT2D eigenvalue weighted by Crippen LogP contribution is 2.11. The summed E-state index contributed by atoms with van der Waals surface area (Å²) < 4.78 is 0. The standard InChI is InChI=1S/C11H23N/c1-10(2)6-4-7-11(3)8-5-9-12/h8,10H,4-7,9,12H2,1-3H3. The molecule has 1 nitrogen and oxygen atoms in total. The zero-order valence-electron chi connectivity index (χ0n) is 8.77. The Labute approximate surface area is 77.0 Å². The molecule has 0 rings (SSSR count). The molecule has 0 unspecified atom stereocenters. The van der Waals surface area contributed by atoms with Crippen LogP contribution in [0.4, 0.5) is 0 Å². The molecule has 0 atom stereocenters. The van der Waals surface area contributed by atoms with Crippen molar-refractivity contribution in [2.45, 2.75) is 46.5 Å². The fraction of sp³-hybridized carbons (Fsp3) is 0.818. The van der Waals surface area contributed by atoms with E-state index in [9.17, 15) is 0 Å². The van der Waals surface area contributed by atoms with Gasteiger partial charge in [0, 0.05) is 0 Å². The van der Waals surface area contributed by atoms with Crippen molar-refractivity contribution < 1.29 is 0 Å². The highest BCUT2D eigenvalue weighted by molar-refractivity contribution is 4.97. The van der Waals surface area contributed by atoms with Gasteiger partial charge in [0.05, 0.1) is 0 Å². The van der Waals surface area contributed by atoms with Crippen molar-refractivity contribution >= 4 is 0 Å². The third kappa shape index (κ3) is 7.80. The van der Waals surface area contributed by atoms with Crippen LogP contribution in [-0.2, 0) is 0 Å². The molecule has 0 amide bonds. The second kappa shape index (κ2) is 7.35. The molecule has 0 spiro atoms. The molecule has 0 saturated carbocycles. The first-order chi connectivity index (χ1) is 5.66. The van der Waals surface area contributed by atoms with E-state index in [1.165, 1.54) is 24.8 Å². The van der Waals surface area contributed by atoms with Gasteiger partial charge in [0.2, 0.25) is 0 Å². The van der Waals surface area contributed by atoms with E-state index in [1.807, 2.05) is 0 Å². The first-order valence-electron chi connectivity index (χ1n) is 5.02. The van der Waals surface area contributed by atoms with Gasteiger partial charge < -0.3 is 5.73 Å². The zero-order valence-corrected chi connectivity index (χ0v) is 8.77. The van der Waals surface area contributed by atoms with Gasteiger partial charge in [-0.3, -0.25) is 0 Å². The lowest BCUT2D eigenvalue weighted by molar-refractivity contribution is 0.554. The summed E-state index contributed by atoms with van der Waals surface area (Å²) in [5.41, 5.74) is 6.91. The van der Waals surface area contributed by atoms with Crippen LogP contribution in [0, 0.1) is 5.92 Å². The average Bonchev–Trinajstić information content (AvgIpc) is 2.00. The summed E-state index contributed by atoms with van der Waals surface area (Å²) in [6.07, 6.45) is 7.21. The van der Waals surface area contributed by atoms with Gasteiger partial charge in [0.1, 0.15) is 0 Å². The number of nitrogens with two attached hydrogens (primary N) is 1. The topological polar surface area (TPSA) is 26.0 Å². The molecule has 0 bridgehead atoms. The molecule has 0 aromatic carbocycles. The fourth-order valence-corrected chi connectivity index (χ4v) is 1.22. The minimum atomic E-state index is 0.779. The first kappa shape index (κ1) is 11.7. The van der Waals surface area contributed by atoms with Gasteiger partial charge in [-0.1, -0.05) is 31.9 Å². The fourth-order valence-electron chi connectivity index (χ4n) is 1.22. The largest absolute Gasteiger partial charge is 0.330 e. The van der Waals surface area contributed by atoms with Crippen molar-refractivity contribution in [3.63, 3.8) is 0 Å². The van der Waals surface area contributed by atoms with Crippen molar-refractivity contribution in [3.05, 3.63) is 11.6 Å². The Bertz CT molecular complexity index is 125. The SMILES string of the molecule is CC(=CCCN)CCCC(C)C. The molecule has 0 aliphatic carbocycles. The summed E-state index contributed by atoms with van der Waals surface area (Å²) in [4.78, 5) is 0. The summed E-state index contributed by atoms with van der Waals surface area (Å²) in [5.74, 6) is 0.840. The van der Waals surface area contributed by atoms with E-state index < -0.39 is 0 Å². The van der Waals surface area contributed by atoms with Crippen molar-refractivity contribution in [2.24, 2.45) is 11.7 Å². The smallest absolute Gasteiger partial charge is 0.00425 e. The van der Waals surface area contributed by atoms with Gasteiger partial charge in [-0.15, -0.1) is 0 Å². The quantitative estimate of drug-likeness (QED) is 0.607. The van der Waals surface area contributed by atoms with E-state index in [1.54, 1.807) is 0 Å². The van der Waals surface area contributed by atoms with E-state index in [0.717, 1.165) is 18.9 Å². The maximum Gasteiger partial charge on any atom is -0.00425 e. The number of allylic oxidation sites excluding steroid dienone is 1. The molecule has 0 aliphatic heterocycles. The van der Waals surface area contributed by atoms with Gasteiger partial charge in [-0.25, -0.2) is 0 Å².